The van der Waals surface area contributed by atoms with Crippen molar-refractivity contribution in [1.82, 2.24) is 9.78 Å². The second-order valence-corrected chi connectivity index (χ2v) is 5.74. The Balaban J connectivity index is 2.30. The number of ether oxygens (including phenoxy) is 1. The molecule has 1 aliphatic rings. The van der Waals surface area contributed by atoms with E-state index in [-0.39, 0.29) is 11.9 Å². The third-order valence-corrected chi connectivity index (χ3v) is 3.09. The lowest BCUT2D eigenvalue weighted by atomic mass is 9.93. The molecule has 1 aliphatic heterocycles. The van der Waals surface area contributed by atoms with Crippen LogP contribution in [0.4, 0.5) is 0 Å². The average molecular weight is 251 g/mol. The lowest BCUT2D eigenvalue weighted by Gasteiger charge is -2.24. The molecule has 0 saturated carbocycles. The maximum atomic E-state index is 12.1. The topological polar surface area (TPSA) is 70.1 Å². The Morgan fingerprint density at radius 1 is 1.61 bits per heavy atom. The number of nitrogens with zero attached hydrogens (tertiary/aromatic N) is 2. The molecule has 1 atom stereocenters. The van der Waals surface area contributed by atoms with Gasteiger partial charge in [0.1, 0.15) is 11.2 Å². The lowest BCUT2D eigenvalue weighted by Crippen LogP contribution is -2.27. The fourth-order valence-electron chi connectivity index (χ4n) is 2.35. The number of fused-ring (bicyclic) bond motifs is 1. The smallest absolute Gasteiger partial charge is 0.342 e. The molecular weight excluding hydrogens is 230 g/mol. The number of hydrogen-bond donors (Lipinski definition) is 1. The van der Waals surface area contributed by atoms with E-state index in [0.29, 0.717) is 12.1 Å². The number of nitrogens with two attached hydrogens (primary N) is 1. The van der Waals surface area contributed by atoms with Crippen LogP contribution in [0, 0.1) is 0 Å². The van der Waals surface area contributed by atoms with Crippen LogP contribution in [-0.4, -0.2) is 27.9 Å². The van der Waals surface area contributed by atoms with Gasteiger partial charge in [0.25, 0.3) is 0 Å². The number of carbonyl (C=O) groups excluding carboxylic acids is 1. The van der Waals surface area contributed by atoms with Crippen molar-refractivity contribution in [2.45, 2.75) is 51.7 Å². The molecule has 18 heavy (non-hydrogen) atoms. The Bertz CT molecular complexity index is 446. The van der Waals surface area contributed by atoms with Gasteiger partial charge >= 0.3 is 5.97 Å². The number of carbonyl (C=O) groups is 1. The predicted molar refractivity (Wildman–Crippen MR) is 68.4 cm³/mol. The highest BCUT2D eigenvalue weighted by Gasteiger charge is 2.29. The molecule has 0 fully saturated rings. The molecule has 2 rings (SSSR count). The van der Waals surface area contributed by atoms with E-state index in [1.807, 2.05) is 25.5 Å². The second-order valence-electron chi connectivity index (χ2n) is 5.74. The normalized spacial score (nSPS) is 19.4. The van der Waals surface area contributed by atoms with Crippen LogP contribution < -0.4 is 5.73 Å². The summed E-state index contributed by atoms with van der Waals surface area (Å²) < 4.78 is 7.30. The summed E-state index contributed by atoms with van der Waals surface area (Å²) in [5, 5.41) is 4.27. The van der Waals surface area contributed by atoms with Crippen LogP contribution in [0.15, 0.2) is 6.20 Å². The fraction of sp³-hybridized carbons (Fsp3) is 0.692. The van der Waals surface area contributed by atoms with Crippen LogP contribution in [0.5, 0.6) is 0 Å². The molecule has 0 saturated heterocycles. The highest BCUT2D eigenvalue weighted by molar-refractivity contribution is 5.91. The largest absolute Gasteiger partial charge is 0.456 e. The van der Waals surface area contributed by atoms with Crippen molar-refractivity contribution in [3.63, 3.8) is 0 Å². The van der Waals surface area contributed by atoms with Gasteiger partial charge in [0.2, 0.25) is 0 Å². The third kappa shape index (κ3) is 2.56. The van der Waals surface area contributed by atoms with Gasteiger partial charge in [0.15, 0.2) is 0 Å². The van der Waals surface area contributed by atoms with Crippen molar-refractivity contribution >= 4 is 5.97 Å². The Kier molecular flexibility index (Phi) is 3.43. The lowest BCUT2D eigenvalue weighted by molar-refractivity contribution is 0.00673. The molecule has 5 heteroatoms. The van der Waals surface area contributed by atoms with E-state index in [2.05, 4.69) is 5.10 Å². The summed E-state index contributed by atoms with van der Waals surface area (Å²) in [5.41, 5.74) is 6.81. The van der Waals surface area contributed by atoms with Crippen LogP contribution in [-0.2, 0) is 11.3 Å². The minimum atomic E-state index is -0.487. The molecule has 0 amide bonds. The van der Waals surface area contributed by atoms with Gasteiger partial charge < -0.3 is 10.5 Å². The van der Waals surface area contributed by atoms with Gasteiger partial charge in [-0.1, -0.05) is 0 Å². The van der Waals surface area contributed by atoms with E-state index in [1.165, 1.54) is 0 Å². The maximum absolute atomic E-state index is 12.1. The van der Waals surface area contributed by atoms with Crippen molar-refractivity contribution in [2.75, 3.05) is 6.54 Å². The minimum absolute atomic E-state index is 0.212. The molecule has 100 valence electrons. The molecule has 0 aliphatic carbocycles. The van der Waals surface area contributed by atoms with Gasteiger partial charge in [0.05, 0.1) is 11.9 Å². The zero-order chi connectivity index (χ0) is 13.3. The first-order chi connectivity index (χ1) is 8.42. The molecule has 0 aromatic carbocycles. The highest BCUT2D eigenvalue weighted by Crippen LogP contribution is 2.29. The molecule has 2 heterocycles. The molecular formula is C13H21N3O2. The Morgan fingerprint density at radius 3 is 2.94 bits per heavy atom. The van der Waals surface area contributed by atoms with E-state index >= 15 is 0 Å². The third-order valence-electron chi connectivity index (χ3n) is 3.09. The van der Waals surface area contributed by atoms with E-state index in [1.54, 1.807) is 6.20 Å². The van der Waals surface area contributed by atoms with Crippen LogP contribution in [0.2, 0.25) is 0 Å². The molecule has 0 radical (unpaired) electrons. The molecule has 2 N–H and O–H groups in total. The Morgan fingerprint density at radius 2 is 2.33 bits per heavy atom. The maximum Gasteiger partial charge on any atom is 0.342 e. The number of aryl methyl sites for hydroxylation is 1. The van der Waals surface area contributed by atoms with Crippen LogP contribution in [0.1, 0.15) is 55.6 Å². The van der Waals surface area contributed by atoms with Gasteiger partial charge in [-0.05, 0) is 33.6 Å². The van der Waals surface area contributed by atoms with Crippen molar-refractivity contribution in [3.8, 4) is 0 Å². The first-order valence-corrected chi connectivity index (χ1v) is 6.41. The van der Waals surface area contributed by atoms with Crippen molar-refractivity contribution < 1.29 is 9.53 Å². The van der Waals surface area contributed by atoms with Gasteiger partial charge in [-0.3, -0.25) is 4.68 Å². The monoisotopic (exact) mass is 251 g/mol. The van der Waals surface area contributed by atoms with Gasteiger partial charge in [-0.15, -0.1) is 0 Å². The van der Waals surface area contributed by atoms with Crippen molar-refractivity contribution in [1.29, 1.82) is 0 Å². The molecule has 1 aromatic rings. The summed E-state index contributed by atoms with van der Waals surface area (Å²) in [6, 6.07) is 0. The molecule has 0 unspecified atom stereocenters. The average Bonchev–Trinajstić information content (AvgIpc) is 2.70. The minimum Gasteiger partial charge on any atom is -0.456 e. The zero-order valence-electron chi connectivity index (χ0n) is 11.3. The molecule has 1 aromatic heterocycles. The van der Waals surface area contributed by atoms with Gasteiger partial charge in [-0.2, -0.15) is 5.10 Å². The van der Waals surface area contributed by atoms with E-state index in [4.69, 9.17) is 10.5 Å². The summed E-state index contributed by atoms with van der Waals surface area (Å²) in [7, 11) is 0. The Hall–Kier alpha value is -1.36. The quantitative estimate of drug-likeness (QED) is 0.812. The number of hydrogen-bond acceptors (Lipinski definition) is 4. The first-order valence-electron chi connectivity index (χ1n) is 6.41. The van der Waals surface area contributed by atoms with Crippen LogP contribution in [0.25, 0.3) is 0 Å². The first kappa shape index (κ1) is 13.1. The van der Waals surface area contributed by atoms with E-state index in [0.717, 1.165) is 25.1 Å². The number of aromatic nitrogens is 2. The van der Waals surface area contributed by atoms with E-state index < -0.39 is 5.60 Å². The molecule has 0 spiro atoms. The fourth-order valence-corrected chi connectivity index (χ4v) is 2.35. The highest BCUT2D eigenvalue weighted by atomic mass is 16.6. The summed E-state index contributed by atoms with van der Waals surface area (Å²) in [5.74, 6) is -0.0899. The second kappa shape index (κ2) is 4.72. The Labute approximate surface area is 107 Å². The summed E-state index contributed by atoms with van der Waals surface area (Å²) >= 11 is 0. The van der Waals surface area contributed by atoms with Gasteiger partial charge in [0, 0.05) is 19.0 Å². The summed E-state index contributed by atoms with van der Waals surface area (Å²) in [6.07, 6.45) is 3.68. The van der Waals surface area contributed by atoms with Crippen molar-refractivity contribution in [3.05, 3.63) is 17.5 Å². The zero-order valence-corrected chi connectivity index (χ0v) is 11.3. The summed E-state index contributed by atoms with van der Waals surface area (Å²) in [4.78, 5) is 12.1. The molecule has 0 bridgehead atoms. The standard InChI is InChI=1S/C13H21N3O2/c1-13(2,3)18-12(17)10-8-15-16-6-4-5-9(7-14)11(10)16/h8-9H,4-7,14H2,1-3H3/t9-/m1/s1. The number of esters is 1. The summed E-state index contributed by atoms with van der Waals surface area (Å²) in [6.45, 7) is 6.99. The van der Waals surface area contributed by atoms with Crippen LogP contribution >= 0.6 is 0 Å². The predicted octanol–water partition coefficient (Wildman–Crippen LogP) is 1.67. The molecule has 5 nitrogen and oxygen atoms in total. The number of rotatable bonds is 2. The van der Waals surface area contributed by atoms with E-state index in [9.17, 15) is 4.79 Å². The van der Waals surface area contributed by atoms with Crippen molar-refractivity contribution in [2.24, 2.45) is 5.73 Å². The van der Waals surface area contributed by atoms with Gasteiger partial charge in [-0.25, -0.2) is 4.79 Å². The van der Waals surface area contributed by atoms with Crippen LogP contribution in [0.3, 0.4) is 0 Å². The SMILES string of the molecule is CC(C)(C)OC(=O)c1cnn2c1[C@@H](CN)CCC2.